The Morgan fingerprint density at radius 1 is 1.05 bits per heavy atom. The molecule has 2 aliphatic rings. The van der Waals surface area contributed by atoms with Gasteiger partial charge in [0.25, 0.3) is 0 Å². The highest BCUT2D eigenvalue weighted by Crippen LogP contribution is 2.40. The second-order valence-electron chi connectivity index (χ2n) is 6.07. The summed E-state index contributed by atoms with van der Waals surface area (Å²) in [5, 5.41) is 21.2. The van der Waals surface area contributed by atoms with Crippen molar-refractivity contribution in [2.24, 2.45) is 0 Å². The van der Waals surface area contributed by atoms with Gasteiger partial charge in [0.05, 0.1) is 11.8 Å². The minimum absolute atomic E-state index is 0.145. The number of aryl methyl sites for hydroxylation is 1. The zero-order chi connectivity index (χ0) is 13.7. The maximum absolute atomic E-state index is 9.95. The number of fused-ring (bicyclic) bond motifs is 3. The molecule has 2 atom stereocenters. The summed E-state index contributed by atoms with van der Waals surface area (Å²) in [5.74, 6) is 1.01. The molecule has 1 N–H and O–H groups in total. The number of hydrogen-bond acceptors (Lipinski definition) is 4. The highest BCUT2D eigenvalue weighted by molar-refractivity contribution is 5.93. The van der Waals surface area contributed by atoms with E-state index in [2.05, 4.69) is 39.4 Å². The third-order valence-electron chi connectivity index (χ3n) is 4.81. The Morgan fingerprint density at radius 2 is 1.70 bits per heavy atom. The van der Waals surface area contributed by atoms with Crippen LogP contribution in [-0.2, 0) is 0 Å². The molecule has 1 aromatic heterocycles. The first-order chi connectivity index (χ1) is 9.74. The lowest BCUT2D eigenvalue weighted by atomic mass is 9.99. The smallest absolute Gasteiger partial charge is 0.159 e. The van der Waals surface area contributed by atoms with Crippen molar-refractivity contribution in [1.29, 1.82) is 0 Å². The minimum atomic E-state index is -0.145. The normalized spacial score (nSPS) is 29.1. The van der Waals surface area contributed by atoms with Gasteiger partial charge < -0.3 is 10.0 Å². The quantitative estimate of drug-likeness (QED) is 0.864. The molecule has 0 spiro atoms. The van der Waals surface area contributed by atoms with Crippen LogP contribution in [0.4, 0.5) is 5.82 Å². The summed E-state index contributed by atoms with van der Waals surface area (Å²) < 4.78 is 0. The average Bonchev–Trinajstić information content (AvgIpc) is 2.72. The van der Waals surface area contributed by atoms with Crippen molar-refractivity contribution >= 4 is 16.6 Å². The first-order valence-electron chi connectivity index (χ1n) is 7.42. The van der Waals surface area contributed by atoms with E-state index in [1.165, 1.54) is 10.8 Å². The Morgan fingerprint density at radius 3 is 2.40 bits per heavy atom. The molecule has 4 heteroatoms. The van der Waals surface area contributed by atoms with Gasteiger partial charge in [-0.25, -0.2) is 0 Å². The van der Waals surface area contributed by atoms with E-state index in [9.17, 15) is 5.11 Å². The Balaban J connectivity index is 1.85. The number of piperidine rings is 1. The predicted octanol–water partition coefficient (Wildman–Crippen LogP) is 2.43. The van der Waals surface area contributed by atoms with Crippen LogP contribution in [0.1, 0.15) is 31.4 Å². The topological polar surface area (TPSA) is 49.2 Å². The van der Waals surface area contributed by atoms with Crippen molar-refractivity contribution in [2.45, 2.75) is 50.8 Å². The van der Waals surface area contributed by atoms with Gasteiger partial charge >= 0.3 is 0 Å². The molecule has 20 heavy (non-hydrogen) atoms. The van der Waals surface area contributed by atoms with E-state index in [0.717, 1.165) is 37.2 Å². The second kappa shape index (κ2) is 4.42. The van der Waals surface area contributed by atoms with E-state index < -0.39 is 0 Å². The van der Waals surface area contributed by atoms with Crippen LogP contribution in [0, 0.1) is 6.92 Å². The Kier molecular flexibility index (Phi) is 2.67. The first-order valence-corrected chi connectivity index (χ1v) is 7.42. The molecular weight excluding hydrogens is 250 g/mol. The fourth-order valence-electron chi connectivity index (χ4n) is 3.91. The van der Waals surface area contributed by atoms with E-state index in [1.807, 2.05) is 6.92 Å². The lowest BCUT2D eigenvalue weighted by Crippen LogP contribution is -2.45. The fourth-order valence-corrected chi connectivity index (χ4v) is 3.91. The summed E-state index contributed by atoms with van der Waals surface area (Å²) in [4.78, 5) is 2.42. The van der Waals surface area contributed by atoms with E-state index in [4.69, 9.17) is 0 Å². The number of nitrogens with zero attached hydrogens (tertiary/aromatic N) is 3. The molecule has 2 saturated heterocycles. The summed E-state index contributed by atoms with van der Waals surface area (Å²) in [7, 11) is 0. The number of aliphatic hydroxyl groups is 1. The zero-order valence-corrected chi connectivity index (χ0v) is 11.7. The standard InChI is InChI=1S/C16H19N3O/c1-10-14-4-2-3-5-15(14)16(18-17-10)19-11-6-7-12(19)9-13(20)8-11/h2-5,11-13,20H,6-9H2,1H3. The van der Waals surface area contributed by atoms with Crippen LogP contribution in [0.3, 0.4) is 0 Å². The van der Waals surface area contributed by atoms with E-state index in [-0.39, 0.29) is 6.10 Å². The molecule has 2 aromatic rings. The number of anilines is 1. The SMILES string of the molecule is Cc1nnc(N2C3CCC2CC(O)C3)c2ccccc12. The van der Waals surface area contributed by atoms with Gasteiger partial charge in [0.1, 0.15) is 0 Å². The second-order valence-corrected chi connectivity index (χ2v) is 6.07. The first kappa shape index (κ1) is 12.1. The fraction of sp³-hybridized carbons (Fsp3) is 0.500. The van der Waals surface area contributed by atoms with Crippen LogP contribution in [0.5, 0.6) is 0 Å². The highest BCUT2D eigenvalue weighted by Gasteiger charge is 2.41. The highest BCUT2D eigenvalue weighted by atomic mass is 16.3. The minimum Gasteiger partial charge on any atom is -0.393 e. The predicted molar refractivity (Wildman–Crippen MR) is 78.8 cm³/mol. The molecule has 2 unspecified atom stereocenters. The maximum atomic E-state index is 9.95. The Hall–Kier alpha value is -1.68. The summed E-state index contributed by atoms with van der Waals surface area (Å²) in [6, 6.07) is 9.21. The van der Waals surface area contributed by atoms with Gasteiger partial charge in [-0.05, 0) is 32.6 Å². The van der Waals surface area contributed by atoms with E-state index in [1.54, 1.807) is 0 Å². The summed E-state index contributed by atoms with van der Waals surface area (Å²) >= 11 is 0. The molecule has 4 nitrogen and oxygen atoms in total. The van der Waals surface area contributed by atoms with Gasteiger partial charge in [0.2, 0.25) is 0 Å². The van der Waals surface area contributed by atoms with Gasteiger partial charge in [-0.1, -0.05) is 24.3 Å². The lowest BCUT2D eigenvalue weighted by molar-refractivity contribution is 0.126. The molecule has 1 aromatic carbocycles. The molecule has 4 rings (SSSR count). The molecule has 2 aliphatic heterocycles. The molecule has 0 aliphatic carbocycles. The van der Waals surface area contributed by atoms with Crippen LogP contribution in [0.15, 0.2) is 24.3 Å². The largest absolute Gasteiger partial charge is 0.393 e. The van der Waals surface area contributed by atoms with Crippen molar-refractivity contribution in [2.75, 3.05) is 4.90 Å². The number of aromatic nitrogens is 2. The molecule has 0 saturated carbocycles. The number of rotatable bonds is 1. The van der Waals surface area contributed by atoms with Crippen molar-refractivity contribution in [3.63, 3.8) is 0 Å². The summed E-state index contributed by atoms with van der Waals surface area (Å²) in [5.41, 5.74) is 0.980. The molecular formula is C16H19N3O. The van der Waals surface area contributed by atoms with Crippen molar-refractivity contribution < 1.29 is 5.11 Å². The van der Waals surface area contributed by atoms with Gasteiger partial charge in [-0.3, -0.25) is 0 Å². The van der Waals surface area contributed by atoms with Crippen molar-refractivity contribution in [3.05, 3.63) is 30.0 Å². The zero-order valence-electron chi connectivity index (χ0n) is 11.7. The Labute approximate surface area is 118 Å². The molecule has 0 amide bonds. The monoisotopic (exact) mass is 269 g/mol. The van der Waals surface area contributed by atoms with Crippen LogP contribution >= 0.6 is 0 Å². The third kappa shape index (κ3) is 1.71. The maximum Gasteiger partial charge on any atom is 0.159 e. The van der Waals surface area contributed by atoms with Gasteiger partial charge in [-0.2, -0.15) is 5.10 Å². The van der Waals surface area contributed by atoms with E-state index in [0.29, 0.717) is 12.1 Å². The number of hydrogen-bond donors (Lipinski definition) is 1. The summed E-state index contributed by atoms with van der Waals surface area (Å²) in [6.07, 6.45) is 3.89. The van der Waals surface area contributed by atoms with Crippen LogP contribution in [-0.4, -0.2) is 33.5 Å². The van der Waals surface area contributed by atoms with Crippen LogP contribution in [0.25, 0.3) is 10.8 Å². The van der Waals surface area contributed by atoms with Crippen LogP contribution < -0.4 is 4.90 Å². The number of benzene rings is 1. The number of aliphatic hydroxyl groups excluding tert-OH is 1. The van der Waals surface area contributed by atoms with Crippen molar-refractivity contribution in [1.82, 2.24) is 10.2 Å². The average molecular weight is 269 g/mol. The van der Waals surface area contributed by atoms with Gasteiger partial charge in [-0.15, -0.1) is 5.10 Å². The molecule has 2 fully saturated rings. The molecule has 0 radical (unpaired) electrons. The van der Waals surface area contributed by atoms with Gasteiger partial charge in [0.15, 0.2) is 5.82 Å². The summed E-state index contributed by atoms with van der Waals surface area (Å²) in [6.45, 7) is 2.01. The molecule has 104 valence electrons. The third-order valence-corrected chi connectivity index (χ3v) is 4.81. The van der Waals surface area contributed by atoms with Gasteiger partial charge in [0, 0.05) is 22.9 Å². The molecule has 3 heterocycles. The Bertz CT molecular complexity index is 643. The molecule has 2 bridgehead atoms. The van der Waals surface area contributed by atoms with E-state index >= 15 is 0 Å². The van der Waals surface area contributed by atoms with Crippen molar-refractivity contribution in [3.8, 4) is 0 Å². The van der Waals surface area contributed by atoms with Crippen LogP contribution in [0.2, 0.25) is 0 Å². The lowest BCUT2D eigenvalue weighted by Gasteiger charge is -2.38.